The number of pyridine rings is 1. The first-order valence-electron chi connectivity index (χ1n) is 8.12. The van der Waals surface area contributed by atoms with Gasteiger partial charge in [0.15, 0.2) is 9.84 Å². The fourth-order valence-electron chi connectivity index (χ4n) is 3.50. The predicted octanol–water partition coefficient (Wildman–Crippen LogP) is 2.00. The van der Waals surface area contributed by atoms with E-state index >= 15 is 0 Å². The van der Waals surface area contributed by atoms with E-state index in [0.717, 1.165) is 48.5 Å². The van der Waals surface area contributed by atoms with Crippen LogP contribution < -0.4 is 10.1 Å². The summed E-state index contributed by atoms with van der Waals surface area (Å²) in [6, 6.07) is 10.6. The minimum atomic E-state index is -3.17. The molecule has 2 aromatic rings. The number of piperidine rings is 1. The molecular formula is C18H20N2O3S. The van der Waals surface area contributed by atoms with E-state index in [1.165, 1.54) is 6.26 Å². The highest BCUT2D eigenvalue weighted by Gasteiger charge is 2.52. The number of fused-ring (bicyclic) bond motifs is 1. The summed E-state index contributed by atoms with van der Waals surface area (Å²) in [4.78, 5) is 4.74. The number of aromatic nitrogens is 1. The lowest BCUT2D eigenvalue weighted by Crippen LogP contribution is -2.17. The van der Waals surface area contributed by atoms with Gasteiger partial charge in [0.05, 0.1) is 23.4 Å². The van der Waals surface area contributed by atoms with Crippen molar-refractivity contribution in [3.63, 3.8) is 0 Å². The second-order valence-corrected chi connectivity index (χ2v) is 8.65. The lowest BCUT2D eigenvalue weighted by Gasteiger charge is -2.08. The first-order chi connectivity index (χ1) is 11.5. The second-order valence-electron chi connectivity index (χ2n) is 6.64. The quantitative estimate of drug-likeness (QED) is 0.898. The van der Waals surface area contributed by atoms with Crippen LogP contribution in [0.5, 0.6) is 5.75 Å². The summed E-state index contributed by atoms with van der Waals surface area (Å²) >= 11 is 0. The number of hydrogen-bond acceptors (Lipinski definition) is 5. The predicted molar refractivity (Wildman–Crippen MR) is 91.6 cm³/mol. The molecule has 5 nitrogen and oxygen atoms in total. The molecule has 1 unspecified atom stereocenters. The zero-order chi connectivity index (χ0) is 16.7. The molecule has 1 aliphatic carbocycles. The average molecular weight is 344 g/mol. The van der Waals surface area contributed by atoms with Gasteiger partial charge in [0.1, 0.15) is 5.75 Å². The number of rotatable bonds is 5. The fourth-order valence-corrected chi connectivity index (χ4v) is 4.13. The summed E-state index contributed by atoms with van der Waals surface area (Å²) in [6.07, 6.45) is 2.94. The van der Waals surface area contributed by atoms with Crippen LogP contribution in [-0.4, -0.2) is 39.4 Å². The van der Waals surface area contributed by atoms with Crippen LogP contribution in [0.25, 0.3) is 11.3 Å². The third-order valence-corrected chi connectivity index (χ3v) is 6.15. The van der Waals surface area contributed by atoms with Crippen molar-refractivity contribution in [3.05, 3.63) is 42.6 Å². The van der Waals surface area contributed by atoms with Crippen molar-refractivity contribution in [3.8, 4) is 17.0 Å². The molecule has 3 atom stereocenters. The molecule has 1 saturated heterocycles. The molecule has 1 aromatic carbocycles. The van der Waals surface area contributed by atoms with Crippen molar-refractivity contribution in [1.29, 1.82) is 0 Å². The molecule has 2 fully saturated rings. The topological polar surface area (TPSA) is 68.3 Å². The van der Waals surface area contributed by atoms with Crippen LogP contribution in [-0.2, 0) is 9.84 Å². The summed E-state index contributed by atoms with van der Waals surface area (Å²) in [5, 5.41) is 3.38. The highest BCUT2D eigenvalue weighted by atomic mass is 32.2. The fraction of sp³-hybridized carbons (Fsp3) is 0.389. The normalized spacial score (nSPS) is 25.3. The van der Waals surface area contributed by atoms with E-state index in [-0.39, 0.29) is 0 Å². The van der Waals surface area contributed by atoms with Crippen molar-refractivity contribution >= 4 is 9.84 Å². The zero-order valence-electron chi connectivity index (χ0n) is 13.5. The van der Waals surface area contributed by atoms with Gasteiger partial charge in [-0.25, -0.2) is 8.42 Å². The number of ether oxygens (including phenoxy) is 1. The number of benzene rings is 1. The molecule has 126 valence electrons. The standard InChI is InChI=1S/C18H20N2O3S/c1-24(21,22)14-5-2-12(3-6-14)18-7-4-13(8-20-18)23-11-17-15-9-19-10-16(15)17/h2-8,15-17,19H,9-11H2,1H3/t15-,16?,17+/m1/s1. The lowest BCUT2D eigenvalue weighted by molar-refractivity contribution is 0.279. The molecule has 1 saturated carbocycles. The summed E-state index contributed by atoms with van der Waals surface area (Å²) < 4.78 is 28.8. The van der Waals surface area contributed by atoms with Crippen LogP contribution in [0, 0.1) is 17.8 Å². The van der Waals surface area contributed by atoms with Crippen molar-refractivity contribution < 1.29 is 13.2 Å². The first-order valence-corrected chi connectivity index (χ1v) is 10.0. The van der Waals surface area contributed by atoms with Gasteiger partial charge in [0.25, 0.3) is 0 Å². The molecule has 0 radical (unpaired) electrons. The molecule has 0 amide bonds. The van der Waals surface area contributed by atoms with Gasteiger partial charge in [0, 0.05) is 17.7 Å². The third kappa shape index (κ3) is 3.03. The largest absolute Gasteiger partial charge is 0.492 e. The van der Waals surface area contributed by atoms with Crippen LogP contribution in [0.2, 0.25) is 0 Å². The van der Waals surface area contributed by atoms with E-state index < -0.39 is 9.84 Å². The van der Waals surface area contributed by atoms with E-state index in [9.17, 15) is 8.42 Å². The van der Waals surface area contributed by atoms with Gasteiger partial charge in [-0.3, -0.25) is 4.98 Å². The summed E-state index contributed by atoms with van der Waals surface area (Å²) in [5.41, 5.74) is 1.69. The minimum Gasteiger partial charge on any atom is -0.492 e. The van der Waals surface area contributed by atoms with Gasteiger partial charge < -0.3 is 10.1 Å². The molecular weight excluding hydrogens is 324 g/mol. The molecule has 6 heteroatoms. The molecule has 1 aliphatic heterocycles. The van der Waals surface area contributed by atoms with E-state index in [0.29, 0.717) is 10.8 Å². The van der Waals surface area contributed by atoms with Gasteiger partial charge >= 0.3 is 0 Å². The number of sulfone groups is 1. The Hall–Kier alpha value is -1.92. The number of nitrogens with zero attached hydrogens (tertiary/aromatic N) is 1. The van der Waals surface area contributed by atoms with Gasteiger partial charge in [-0.15, -0.1) is 0 Å². The molecule has 2 heterocycles. The molecule has 0 spiro atoms. The van der Waals surface area contributed by atoms with Gasteiger partial charge in [-0.2, -0.15) is 0 Å². The van der Waals surface area contributed by atoms with Crippen molar-refractivity contribution in [2.45, 2.75) is 4.90 Å². The van der Waals surface area contributed by atoms with Crippen LogP contribution in [0.4, 0.5) is 0 Å². The Morgan fingerprint density at radius 2 is 1.83 bits per heavy atom. The van der Waals surface area contributed by atoms with Crippen molar-refractivity contribution in [2.75, 3.05) is 26.0 Å². The van der Waals surface area contributed by atoms with Crippen molar-refractivity contribution in [1.82, 2.24) is 10.3 Å². The van der Waals surface area contributed by atoms with Crippen LogP contribution in [0.3, 0.4) is 0 Å². The summed E-state index contributed by atoms with van der Waals surface area (Å²) in [7, 11) is -3.17. The Bertz CT molecular complexity index is 822. The van der Waals surface area contributed by atoms with Gasteiger partial charge in [0.2, 0.25) is 0 Å². The second kappa shape index (κ2) is 5.86. The minimum absolute atomic E-state index is 0.315. The SMILES string of the molecule is CS(=O)(=O)c1ccc(-c2ccc(OC[C@@H]3C4CNC[C@H]43)cn2)cc1. The highest BCUT2D eigenvalue weighted by molar-refractivity contribution is 7.90. The maximum Gasteiger partial charge on any atom is 0.175 e. The third-order valence-electron chi connectivity index (χ3n) is 5.03. The average Bonchev–Trinajstić information content (AvgIpc) is 3.00. The molecule has 0 bridgehead atoms. The lowest BCUT2D eigenvalue weighted by atomic mass is 10.1. The maximum absolute atomic E-state index is 11.5. The van der Waals surface area contributed by atoms with Crippen LogP contribution in [0.1, 0.15) is 0 Å². The Balaban J connectivity index is 1.40. The smallest absolute Gasteiger partial charge is 0.175 e. The number of nitrogens with one attached hydrogen (secondary N) is 1. The zero-order valence-corrected chi connectivity index (χ0v) is 14.3. The first kappa shape index (κ1) is 15.6. The van der Waals surface area contributed by atoms with Crippen LogP contribution in [0.15, 0.2) is 47.5 Å². The molecule has 2 aliphatic rings. The Labute approximate surface area is 142 Å². The van der Waals surface area contributed by atoms with E-state index in [1.807, 2.05) is 12.1 Å². The summed E-state index contributed by atoms with van der Waals surface area (Å²) in [6.45, 7) is 3.01. The van der Waals surface area contributed by atoms with E-state index in [1.54, 1.807) is 30.5 Å². The Morgan fingerprint density at radius 1 is 1.12 bits per heavy atom. The maximum atomic E-state index is 11.5. The Kier molecular flexibility index (Phi) is 3.81. The van der Waals surface area contributed by atoms with E-state index in [2.05, 4.69) is 10.3 Å². The van der Waals surface area contributed by atoms with Crippen molar-refractivity contribution in [2.24, 2.45) is 17.8 Å². The van der Waals surface area contributed by atoms with Crippen LogP contribution >= 0.6 is 0 Å². The van der Waals surface area contributed by atoms with Gasteiger partial charge in [-0.05, 0) is 49.2 Å². The summed E-state index contributed by atoms with van der Waals surface area (Å²) in [5.74, 6) is 3.06. The molecule has 1 aromatic heterocycles. The molecule has 1 N–H and O–H groups in total. The van der Waals surface area contributed by atoms with E-state index in [4.69, 9.17) is 4.74 Å². The monoisotopic (exact) mass is 344 g/mol. The molecule has 4 rings (SSSR count). The van der Waals surface area contributed by atoms with Gasteiger partial charge in [-0.1, -0.05) is 12.1 Å². The number of hydrogen-bond donors (Lipinski definition) is 1. The highest BCUT2D eigenvalue weighted by Crippen LogP contribution is 2.48. The Morgan fingerprint density at radius 3 is 2.42 bits per heavy atom. The molecule has 24 heavy (non-hydrogen) atoms.